The summed E-state index contributed by atoms with van der Waals surface area (Å²) >= 11 is 0. The van der Waals surface area contributed by atoms with Gasteiger partial charge in [-0.15, -0.1) is 0 Å². The Balaban J connectivity index is 1.42. The number of urea groups is 1. The summed E-state index contributed by atoms with van der Waals surface area (Å²) in [5.74, 6) is -0.235. The second-order valence-corrected chi connectivity index (χ2v) is 6.29. The average molecular weight is 356 g/mol. The molecule has 26 heavy (non-hydrogen) atoms. The number of halogens is 1. The number of likely N-dealkylation sites (tertiary alicyclic amines) is 1. The molecule has 1 aliphatic rings. The lowest BCUT2D eigenvalue weighted by Crippen LogP contribution is -2.42. The molecule has 0 radical (unpaired) electrons. The zero-order valence-corrected chi connectivity index (χ0v) is 14.3. The minimum absolute atomic E-state index is 0.0444. The summed E-state index contributed by atoms with van der Waals surface area (Å²) in [5.41, 5.74) is 0.795. The van der Waals surface area contributed by atoms with Crippen molar-refractivity contribution < 1.29 is 14.0 Å². The highest BCUT2D eigenvalue weighted by atomic mass is 19.1. The van der Waals surface area contributed by atoms with Gasteiger partial charge in [0.05, 0.1) is 11.9 Å². The van der Waals surface area contributed by atoms with Gasteiger partial charge in [0.15, 0.2) is 5.82 Å². The SMILES string of the molecule is O=C(NCC1CCN(C(=O)c2ccccc2)CC1)Nc1ccncc1F. The third kappa shape index (κ3) is 4.56. The van der Waals surface area contributed by atoms with E-state index in [-0.39, 0.29) is 11.6 Å². The van der Waals surface area contributed by atoms with Gasteiger partial charge in [-0.2, -0.15) is 0 Å². The molecule has 0 unspecified atom stereocenters. The summed E-state index contributed by atoms with van der Waals surface area (Å²) in [6.07, 6.45) is 4.11. The van der Waals surface area contributed by atoms with Gasteiger partial charge in [-0.1, -0.05) is 18.2 Å². The van der Waals surface area contributed by atoms with Crippen LogP contribution in [0.4, 0.5) is 14.9 Å². The van der Waals surface area contributed by atoms with Crippen molar-refractivity contribution in [3.8, 4) is 0 Å². The van der Waals surface area contributed by atoms with Crippen molar-refractivity contribution in [1.29, 1.82) is 0 Å². The summed E-state index contributed by atoms with van der Waals surface area (Å²) in [5, 5.41) is 5.23. The second-order valence-electron chi connectivity index (χ2n) is 6.29. The summed E-state index contributed by atoms with van der Waals surface area (Å²) in [4.78, 5) is 29.8. The maximum absolute atomic E-state index is 13.5. The third-order valence-electron chi connectivity index (χ3n) is 4.49. The van der Waals surface area contributed by atoms with E-state index in [9.17, 15) is 14.0 Å². The summed E-state index contributed by atoms with van der Waals surface area (Å²) in [7, 11) is 0. The lowest BCUT2D eigenvalue weighted by atomic mass is 9.96. The predicted octanol–water partition coefficient (Wildman–Crippen LogP) is 2.89. The Bertz CT molecular complexity index is 761. The molecule has 0 bridgehead atoms. The Hall–Kier alpha value is -2.96. The van der Waals surface area contributed by atoms with E-state index in [0.717, 1.165) is 19.0 Å². The van der Waals surface area contributed by atoms with Crippen LogP contribution in [0.2, 0.25) is 0 Å². The largest absolute Gasteiger partial charge is 0.339 e. The van der Waals surface area contributed by atoms with E-state index < -0.39 is 11.8 Å². The van der Waals surface area contributed by atoms with Gasteiger partial charge in [0.2, 0.25) is 0 Å². The number of hydrogen-bond acceptors (Lipinski definition) is 3. The number of nitrogens with zero attached hydrogens (tertiary/aromatic N) is 2. The number of benzene rings is 1. The minimum atomic E-state index is -0.574. The van der Waals surface area contributed by atoms with Gasteiger partial charge in [-0.3, -0.25) is 9.78 Å². The number of rotatable bonds is 4. The summed E-state index contributed by atoms with van der Waals surface area (Å²) in [6, 6.07) is 10.2. The van der Waals surface area contributed by atoms with E-state index >= 15 is 0 Å². The fraction of sp³-hybridized carbons (Fsp3) is 0.316. The molecular formula is C19H21FN4O2. The zero-order chi connectivity index (χ0) is 18.4. The van der Waals surface area contributed by atoms with Gasteiger partial charge in [0.25, 0.3) is 5.91 Å². The smallest absolute Gasteiger partial charge is 0.319 e. The Morgan fingerprint density at radius 3 is 2.58 bits per heavy atom. The van der Waals surface area contributed by atoms with Crippen LogP contribution in [0.25, 0.3) is 0 Å². The van der Waals surface area contributed by atoms with Crippen LogP contribution in [0, 0.1) is 11.7 Å². The molecule has 0 spiro atoms. The van der Waals surface area contributed by atoms with Crippen molar-refractivity contribution in [3.63, 3.8) is 0 Å². The molecule has 6 nitrogen and oxygen atoms in total. The molecular weight excluding hydrogens is 335 g/mol. The number of pyridine rings is 1. The first-order chi connectivity index (χ1) is 12.6. The van der Waals surface area contributed by atoms with Crippen molar-refractivity contribution in [2.45, 2.75) is 12.8 Å². The number of amides is 3. The van der Waals surface area contributed by atoms with E-state index in [2.05, 4.69) is 15.6 Å². The van der Waals surface area contributed by atoms with Gasteiger partial charge in [-0.05, 0) is 37.0 Å². The van der Waals surface area contributed by atoms with Crippen LogP contribution >= 0.6 is 0 Å². The van der Waals surface area contributed by atoms with Gasteiger partial charge in [-0.25, -0.2) is 9.18 Å². The Kier molecular flexibility index (Phi) is 5.78. The van der Waals surface area contributed by atoms with Gasteiger partial charge in [0, 0.05) is 31.4 Å². The quantitative estimate of drug-likeness (QED) is 0.885. The van der Waals surface area contributed by atoms with Gasteiger partial charge < -0.3 is 15.5 Å². The fourth-order valence-electron chi connectivity index (χ4n) is 2.98. The van der Waals surface area contributed by atoms with Crippen LogP contribution in [0.5, 0.6) is 0 Å². The zero-order valence-electron chi connectivity index (χ0n) is 14.3. The molecule has 2 heterocycles. The van der Waals surface area contributed by atoms with Gasteiger partial charge in [0.1, 0.15) is 0 Å². The van der Waals surface area contributed by atoms with Crippen LogP contribution < -0.4 is 10.6 Å². The molecule has 1 aromatic carbocycles. The Morgan fingerprint density at radius 1 is 1.15 bits per heavy atom. The van der Waals surface area contributed by atoms with Crippen LogP contribution in [0.15, 0.2) is 48.8 Å². The highest BCUT2D eigenvalue weighted by Gasteiger charge is 2.23. The molecule has 0 atom stereocenters. The lowest BCUT2D eigenvalue weighted by molar-refractivity contribution is 0.0691. The number of piperidine rings is 1. The molecule has 3 amide bonds. The van der Waals surface area contributed by atoms with Crippen molar-refractivity contribution in [3.05, 3.63) is 60.2 Å². The van der Waals surface area contributed by atoms with E-state index in [4.69, 9.17) is 0 Å². The second kappa shape index (κ2) is 8.42. The molecule has 1 saturated heterocycles. The molecule has 1 aliphatic heterocycles. The monoisotopic (exact) mass is 356 g/mol. The topological polar surface area (TPSA) is 74.3 Å². The summed E-state index contributed by atoms with van der Waals surface area (Å²) in [6.45, 7) is 1.83. The van der Waals surface area contributed by atoms with E-state index in [1.807, 2.05) is 35.2 Å². The van der Waals surface area contributed by atoms with Crippen LogP contribution in [-0.4, -0.2) is 41.5 Å². The first kappa shape index (κ1) is 17.8. The maximum Gasteiger partial charge on any atom is 0.319 e. The molecule has 1 aromatic heterocycles. The molecule has 0 aliphatic carbocycles. The predicted molar refractivity (Wildman–Crippen MR) is 96.3 cm³/mol. The lowest BCUT2D eigenvalue weighted by Gasteiger charge is -2.32. The number of carbonyl (C=O) groups is 2. The van der Waals surface area contributed by atoms with Gasteiger partial charge >= 0.3 is 6.03 Å². The molecule has 136 valence electrons. The molecule has 2 aromatic rings. The Morgan fingerprint density at radius 2 is 1.88 bits per heavy atom. The fourth-order valence-corrected chi connectivity index (χ4v) is 2.98. The molecule has 0 saturated carbocycles. The van der Waals surface area contributed by atoms with Crippen LogP contribution in [0.3, 0.4) is 0 Å². The number of carbonyl (C=O) groups excluding carboxylic acids is 2. The van der Waals surface area contributed by atoms with E-state index in [1.54, 1.807) is 0 Å². The minimum Gasteiger partial charge on any atom is -0.339 e. The highest BCUT2D eigenvalue weighted by Crippen LogP contribution is 2.18. The molecule has 1 fully saturated rings. The number of nitrogens with one attached hydrogen (secondary N) is 2. The van der Waals surface area contributed by atoms with Crippen molar-refractivity contribution >= 4 is 17.6 Å². The number of anilines is 1. The number of hydrogen-bond donors (Lipinski definition) is 2. The Labute approximate surface area is 151 Å². The number of aromatic nitrogens is 1. The maximum atomic E-state index is 13.5. The van der Waals surface area contributed by atoms with E-state index in [0.29, 0.717) is 31.1 Å². The highest BCUT2D eigenvalue weighted by molar-refractivity contribution is 5.94. The first-order valence-electron chi connectivity index (χ1n) is 8.62. The normalized spacial score (nSPS) is 14.7. The van der Waals surface area contributed by atoms with Crippen LogP contribution in [0.1, 0.15) is 23.2 Å². The van der Waals surface area contributed by atoms with Crippen molar-refractivity contribution in [1.82, 2.24) is 15.2 Å². The molecule has 3 rings (SSSR count). The standard InChI is InChI=1S/C19H21FN4O2/c20-16-13-21-9-6-17(16)23-19(26)22-12-14-7-10-24(11-8-14)18(25)15-4-2-1-3-5-15/h1-6,9,13-14H,7-8,10-12H2,(H2,21,22,23,26). The van der Waals surface area contributed by atoms with Crippen molar-refractivity contribution in [2.75, 3.05) is 25.0 Å². The van der Waals surface area contributed by atoms with E-state index in [1.165, 1.54) is 12.3 Å². The average Bonchev–Trinajstić information content (AvgIpc) is 2.69. The van der Waals surface area contributed by atoms with Crippen molar-refractivity contribution in [2.24, 2.45) is 5.92 Å². The van der Waals surface area contributed by atoms with Crippen LogP contribution in [-0.2, 0) is 0 Å². The summed E-state index contributed by atoms with van der Waals surface area (Å²) < 4.78 is 13.5. The first-order valence-corrected chi connectivity index (χ1v) is 8.62. The molecule has 7 heteroatoms. The molecule has 2 N–H and O–H groups in total. The third-order valence-corrected chi connectivity index (χ3v) is 4.49.